The second-order valence-corrected chi connectivity index (χ2v) is 38.1. The van der Waals surface area contributed by atoms with Crippen LogP contribution in [0.2, 0.25) is 0 Å². The van der Waals surface area contributed by atoms with Crippen molar-refractivity contribution in [3.8, 4) is 0 Å². The van der Waals surface area contributed by atoms with E-state index in [2.05, 4.69) is 102 Å². The number of allylic oxidation sites excluding steroid dienone is 8. The van der Waals surface area contributed by atoms with E-state index in [-0.39, 0.29) is 102 Å². The van der Waals surface area contributed by atoms with Crippen molar-refractivity contribution in [2.24, 2.45) is 52.1 Å². The zero-order valence-electron chi connectivity index (χ0n) is 66.7. The molecule has 16 atom stereocenters. The van der Waals surface area contributed by atoms with Crippen LogP contribution in [-0.2, 0) is 38.2 Å². The van der Waals surface area contributed by atoms with Gasteiger partial charge < -0.3 is 62.6 Å². The number of unbranched alkanes of at least 4 members (excludes halogenated alkanes) is 1. The number of rotatable bonds is 32. The number of fused-ring (bicyclic) bond motifs is 4. The lowest BCUT2D eigenvalue weighted by Gasteiger charge is -2.44. The van der Waals surface area contributed by atoms with Gasteiger partial charge in [-0.05, 0) is 246 Å². The van der Waals surface area contributed by atoms with Gasteiger partial charge in [0, 0.05) is 68.9 Å². The zero-order valence-corrected chi connectivity index (χ0v) is 68.3. The summed E-state index contributed by atoms with van der Waals surface area (Å²) in [6.07, 6.45) is 41.7. The highest BCUT2D eigenvalue weighted by atomic mass is 32.2. The number of carbonyl (C=O) groups is 8. The Hall–Kier alpha value is -5.30. The first-order valence-corrected chi connectivity index (χ1v) is 43.4. The molecule has 0 radical (unpaired) electrons. The monoisotopic (exact) mass is 1550 g/mol. The molecule has 0 aromatic heterocycles. The zero-order chi connectivity index (χ0) is 77.9. The van der Waals surface area contributed by atoms with Crippen molar-refractivity contribution < 1.29 is 58.0 Å². The van der Waals surface area contributed by atoms with Crippen molar-refractivity contribution in [2.45, 2.75) is 331 Å². The molecule has 0 aromatic rings. The molecule has 5 unspecified atom stereocenters. The van der Waals surface area contributed by atoms with Crippen LogP contribution < -0.4 is 43.0 Å². The summed E-state index contributed by atoms with van der Waals surface area (Å²) < 4.78 is 12.4. The molecule has 11 N–H and O–H groups in total. The molecule has 5 saturated heterocycles. The Balaban J connectivity index is 0.000000223. The molecule has 6 saturated carbocycles. The lowest BCUT2D eigenvalue weighted by atomic mass is 9.60. The molecule has 0 bridgehead atoms. The third kappa shape index (κ3) is 26.1. The molecule has 612 valence electrons. The highest BCUT2D eigenvalue weighted by Crippen LogP contribution is 2.61. The SMILES string of the molecule is C.C=C1CC[C@H](OCCCN)C/C1=C/C=C1\CCC[C@@]2(C)C1CCC2[C@H](C)CCCC(C)(C)O.C=C1CC[C@H](OCCCNC(=O)CCCCNC(=O)CC2C[C@H]3NC(=O)N[C@H]3S2)C/C1=C/C=C1\CCC[C@@]2(C)C1CCC2[C@H](C)CCCC(C)(C)O.O=C(C[C@H]1C[C@H]2NC(=O)N[C@H]2S1)NCC(=O)N1C(=O)CCC1=O. The second kappa shape index (κ2) is 41.6. The van der Waals surface area contributed by atoms with Crippen molar-refractivity contribution in [3.63, 3.8) is 0 Å². The smallest absolute Gasteiger partial charge is 0.316 e. The summed E-state index contributed by atoms with van der Waals surface area (Å²) in [7, 11) is 0. The molecular weight excluding hydrogens is 1420 g/mol. The molecule has 21 nitrogen and oxygen atoms in total. The number of nitrogens with two attached hydrogens (primary N) is 1. The number of aliphatic hydroxyl groups is 2. The molecule has 11 aliphatic rings. The maximum Gasteiger partial charge on any atom is 0.316 e. The van der Waals surface area contributed by atoms with E-state index in [0.717, 1.165) is 127 Å². The van der Waals surface area contributed by atoms with Crippen LogP contribution in [0, 0.1) is 46.3 Å². The normalized spacial score (nSPS) is 31.9. The predicted octanol–water partition coefficient (Wildman–Crippen LogP) is 13.9. The summed E-state index contributed by atoms with van der Waals surface area (Å²) in [5.74, 6) is 2.46. The number of hydrogen-bond donors (Lipinski definition) is 10. The van der Waals surface area contributed by atoms with Gasteiger partial charge in [0.25, 0.3) is 5.91 Å². The Morgan fingerprint density at radius 3 is 1.50 bits per heavy atom. The molecular formula is C86H139N9O12S2. The van der Waals surface area contributed by atoms with Crippen LogP contribution in [0.15, 0.2) is 70.9 Å². The van der Waals surface area contributed by atoms with E-state index in [1.807, 2.05) is 27.7 Å². The van der Waals surface area contributed by atoms with Crippen molar-refractivity contribution in [1.82, 2.24) is 42.1 Å². The molecule has 10 amide bonds. The molecule has 0 aromatic carbocycles. The van der Waals surface area contributed by atoms with E-state index in [0.29, 0.717) is 79.2 Å². The van der Waals surface area contributed by atoms with Gasteiger partial charge in [-0.3, -0.25) is 28.8 Å². The van der Waals surface area contributed by atoms with Gasteiger partial charge >= 0.3 is 12.1 Å². The molecule has 6 aliphatic carbocycles. The van der Waals surface area contributed by atoms with E-state index in [1.165, 1.54) is 111 Å². The van der Waals surface area contributed by atoms with Gasteiger partial charge in [0.1, 0.15) is 0 Å². The minimum Gasteiger partial charge on any atom is -0.390 e. The summed E-state index contributed by atoms with van der Waals surface area (Å²) in [6.45, 7) is 29.5. The Labute approximate surface area is 661 Å². The number of amides is 10. The van der Waals surface area contributed by atoms with Crippen molar-refractivity contribution in [2.75, 3.05) is 39.4 Å². The molecule has 5 aliphatic heterocycles. The number of nitrogens with one attached hydrogen (secondary N) is 7. The van der Waals surface area contributed by atoms with Crippen LogP contribution in [-0.4, -0.2) is 159 Å². The molecule has 5 heterocycles. The number of likely N-dealkylation sites (tertiary alicyclic amines) is 1. The fourth-order valence-corrected chi connectivity index (χ4v) is 22.9. The van der Waals surface area contributed by atoms with Crippen molar-refractivity contribution in [1.29, 1.82) is 0 Å². The summed E-state index contributed by atoms with van der Waals surface area (Å²) in [5.41, 5.74) is 13.9. The van der Waals surface area contributed by atoms with Crippen LogP contribution in [0.4, 0.5) is 9.59 Å². The van der Waals surface area contributed by atoms with Crippen LogP contribution in [0.5, 0.6) is 0 Å². The minimum absolute atomic E-state index is 0. The van der Waals surface area contributed by atoms with Gasteiger partial charge in [-0.2, -0.15) is 0 Å². The first-order chi connectivity index (χ1) is 51.4. The van der Waals surface area contributed by atoms with Crippen LogP contribution in [0.1, 0.15) is 275 Å². The summed E-state index contributed by atoms with van der Waals surface area (Å²) in [5, 5.41) is 40.4. The van der Waals surface area contributed by atoms with Crippen LogP contribution in [0.3, 0.4) is 0 Å². The number of nitrogens with zero attached hydrogens (tertiary/aromatic N) is 1. The first kappa shape index (κ1) is 89.3. The third-order valence-corrected chi connectivity index (χ3v) is 28.7. The molecule has 11 rings (SSSR count). The third-order valence-electron chi connectivity index (χ3n) is 25.7. The lowest BCUT2D eigenvalue weighted by molar-refractivity contribution is -0.149. The Morgan fingerprint density at radius 2 is 1.05 bits per heavy atom. The van der Waals surface area contributed by atoms with Crippen molar-refractivity contribution >= 4 is 71.0 Å². The number of carbonyl (C=O) groups excluding carboxylic acids is 8. The summed E-state index contributed by atoms with van der Waals surface area (Å²) in [6, 6.07) is -0.175. The van der Waals surface area contributed by atoms with E-state index in [4.69, 9.17) is 15.2 Å². The van der Waals surface area contributed by atoms with Gasteiger partial charge in [-0.15, -0.1) is 23.5 Å². The second-order valence-electron chi connectivity index (χ2n) is 35.2. The number of thioether (sulfide) groups is 2. The number of hydrogen-bond acceptors (Lipinski definition) is 15. The van der Waals surface area contributed by atoms with Crippen LogP contribution in [0.25, 0.3) is 0 Å². The average Bonchev–Trinajstić information content (AvgIpc) is 1.62. The largest absolute Gasteiger partial charge is 0.390 e. The fourth-order valence-electron chi connectivity index (χ4n) is 19.9. The summed E-state index contributed by atoms with van der Waals surface area (Å²) >= 11 is 3.18. The number of imide groups is 3. The fraction of sp³-hybridized carbons (Fsp3) is 0.767. The first-order valence-electron chi connectivity index (χ1n) is 41.6. The molecule has 0 spiro atoms. The highest BCUT2D eigenvalue weighted by Gasteiger charge is 2.52. The molecule has 11 fully saturated rings. The summed E-state index contributed by atoms with van der Waals surface area (Å²) in [4.78, 5) is 94.3. The lowest BCUT2D eigenvalue weighted by Crippen LogP contribution is -2.43. The van der Waals surface area contributed by atoms with Gasteiger partial charge in [0.15, 0.2) is 0 Å². The Morgan fingerprint density at radius 1 is 0.596 bits per heavy atom. The maximum absolute atomic E-state index is 12.3. The highest BCUT2D eigenvalue weighted by molar-refractivity contribution is 8.01. The number of urea groups is 2. The molecule has 109 heavy (non-hydrogen) atoms. The van der Waals surface area contributed by atoms with Crippen LogP contribution >= 0.6 is 23.5 Å². The predicted molar refractivity (Wildman–Crippen MR) is 436 cm³/mol. The Bertz CT molecular complexity index is 3240. The van der Waals surface area contributed by atoms with Crippen molar-refractivity contribution in [3.05, 3.63) is 70.9 Å². The van der Waals surface area contributed by atoms with Gasteiger partial charge in [-0.1, -0.05) is 121 Å². The number of ether oxygens (including phenoxy) is 2. The van der Waals surface area contributed by atoms with Gasteiger partial charge in [-0.25, -0.2) is 14.5 Å². The minimum atomic E-state index is -0.698. The standard InChI is InChI=1S/C42H68N4O5S.C30H51NO2.C13H16N4O5S.CH4/c1-28-14-17-32(25-31(28)16-15-30-12-9-21-42(5)34(18-19-35(30)42)29(2)11-8-20-41(3,4)50)51-24-10-23-43-37(47)13-6-7-22-44-38(48)27-33-26-36-39(52-33)46-40(49)45-36;1-22-11-14-26(33-20-8-19-31)21-25(22)13-12-24-10-7-18-30(5)27(15-16-28(24)30)23(2)9-6-17-29(3,4)32;18-8(4-6-3-7-12(23-6)16-13(22)15-7)14-5-11(21)17-9(19)1-2-10(17)20;/h15-16,29,32-36,39,50H,1,6-14,17-27H2,2-5H3,(H,43,47)(H,44,48)(H2,45,46,49);12-13,23,26-28,32H,1,6-11,14-21,31H2,2-5H3;6-7,12H,1-5H2,(H,14,18)(H2,15,16,22);1H4/b30-15+,31-16-;24-12+,25-13-;;/t29-,32+,33?,34?,35?,36-,39+,42-;23-,26+,27?,28?,30-;6-,7-,12+;/m111./s1. The molecule has 23 heteroatoms. The maximum atomic E-state index is 12.3. The van der Waals surface area contributed by atoms with E-state index in [1.54, 1.807) is 22.9 Å². The van der Waals surface area contributed by atoms with Gasteiger partial charge in [0.2, 0.25) is 29.5 Å². The van der Waals surface area contributed by atoms with Gasteiger partial charge in [0.05, 0.1) is 52.8 Å². The topological polar surface area (TPSA) is 309 Å². The van der Waals surface area contributed by atoms with E-state index in [9.17, 15) is 48.6 Å². The average molecular weight is 1560 g/mol. The van der Waals surface area contributed by atoms with E-state index >= 15 is 0 Å². The van der Waals surface area contributed by atoms with E-state index < -0.39 is 28.9 Å². The quantitative estimate of drug-likeness (QED) is 0.0221. The Kier molecular flexibility index (Phi) is 34.1.